The molecule has 2 aliphatic heterocycles. The van der Waals surface area contributed by atoms with Crippen LogP contribution in [0.5, 0.6) is 0 Å². The first-order valence-corrected chi connectivity index (χ1v) is 12.2. The van der Waals surface area contributed by atoms with E-state index in [0.717, 1.165) is 30.0 Å². The second-order valence-electron chi connectivity index (χ2n) is 6.74. The number of fused-ring (bicyclic) bond motifs is 1. The Morgan fingerprint density at radius 3 is 2.63 bits per heavy atom. The van der Waals surface area contributed by atoms with Gasteiger partial charge in [-0.2, -0.15) is 4.99 Å². The molecule has 1 aromatic carbocycles. The van der Waals surface area contributed by atoms with Crippen LogP contribution in [0.4, 0.5) is 11.4 Å². The number of carbonyl (C=O) groups is 1. The van der Waals surface area contributed by atoms with Crippen LogP contribution in [0.2, 0.25) is 0 Å². The number of thioether (sulfide) groups is 1. The molecule has 2 aliphatic rings. The number of amides is 1. The van der Waals surface area contributed by atoms with Gasteiger partial charge in [-0.05, 0) is 44.5 Å². The number of benzene rings is 1. The van der Waals surface area contributed by atoms with Crippen molar-refractivity contribution in [1.82, 2.24) is 0 Å². The fraction of sp³-hybridized carbons (Fsp3) is 0.556. The van der Waals surface area contributed by atoms with Crippen LogP contribution in [0.3, 0.4) is 0 Å². The zero-order chi connectivity index (χ0) is 19.8. The molecule has 0 radical (unpaired) electrons. The van der Waals surface area contributed by atoms with Crippen LogP contribution >= 0.6 is 23.4 Å². The van der Waals surface area contributed by atoms with E-state index in [1.165, 1.54) is 11.8 Å². The summed E-state index contributed by atoms with van der Waals surface area (Å²) in [5, 5.41) is 0.433. The maximum absolute atomic E-state index is 12.1. The van der Waals surface area contributed by atoms with Gasteiger partial charge in [0.2, 0.25) is 0 Å². The largest absolute Gasteiger partial charge is 0.372 e. The molecule has 2 heterocycles. The number of halogens is 1. The molecule has 148 valence electrons. The molecule has 2 saturated heterocycles. The molecule has 0 aromatic heterocycles. The first-order chi connectivity index (χ1) is 12.8. The normalized spacial score (nSPS) is 25.0. The van der Waals surface area contributed by atoms with E-state index >= 15 is 0 Å². The van der Waals surface area contributed by atoms with Gasteiger partial charge in [0.05, 0.1) is 17.5 Å². The third-order valence-corrected chi connectivity index (χ3v) is 8.41. The van der Waals surface area contributed by atoms with E-state index in [9.17, 15) is 13.2 Å². The number of hydrogen-bond donors (Lipinski definition) is 0. The Bertz CT molecular complexity index is 869. The molecular weight excluding hydrogens is 406 g/mol. The summed E-state index contributed by atoms with van der Waals surface area (Å²) in [7, 11) is -3.08. The van der Waals surface area contributed by atoms with Crippen LogP contribution < -0.4 is 9.80 Å². The molecule has 0 N–H and O–H groups in total. The Morgan fingerprint density at radius 2 is 2.04 bits per heavy atom. The average Bonchev–Trinajstić information content (AvgIpc) is 3.07. The Morgan fingerprint density at radius 1 is 1.33 bits per heavy atom. The Hall–Kier alpha value is -1.25. The van der Waals surface area contributed by atoms with Gasteiger partial charge in [-0.25, -0.2) is 8.42 Å². The second kappa shape index (κ2) is 8.01. The summed E-state index contributed by atoms with van der Waals surface area (Å²) in [4.78, 5) is 20.1. The van der Waals surface area contributed by atoms with Crippen molar-refractivity contribution in [3.8, 4) is 0 Å². The zero-order valence-electron chi connectivity index (χ0n) is 15.7. The standard InChI is InChI=1S/C18H24ClN3O3S2/c1-4-21(5-2)13-6-7-14(12(3)8-13)22-15-10-27(24,25)11-16(15)26-18(22)20-17(23)9-19/h6-8,15-16H,4-5,9-11H2,1-3H3/t15-,16+/m1/s1. The predicted molar refractivity (Wildman–Crippen MR) is 114 cm³/mol. The summed E-state index contributed by atoms with van der Waals surface area (Å²) in [6.07, 6.45) is 0. The first-order valence-electron chi connectivity index (χ1n) is 8.99. The van der Waals surface area contributed by atoms with Crippen molar-refractivity contribution in [3.63, 3.8) is 0 Å². The van der Waals surface area contributed by atoms with E-state index in [-0.39, 0.29) is 28.7 Å². The molecular formula is C18H24ClN3O3S2. The zero-order valence-corrected chi connectivity index (χ0v) is 18.1. The third-order valence-electron chi connectivity index (χ3n) is 4.97. The Balaban J connectivity index is 2.02. The van der Waals surface area contributed by atoms with Crippen molar-refractivity contribution < 1.29 is 13.2 Å². The van der Waals surface area contributed by atoms with Gasteiger partial charge in [-0.3, -0.25) is 4.79 Å². The van der Waals surface area contributed by atoms with E-state index in [2.05, 4.69) is 29.8 Å². The second-order valence-corrected chi connectivity index (χ2v) is 10.4. The molecule has 3 rings (SSSR count). The van der Waals surface area contributed by atoms with Gasteiger partial charge in [0, 0.05) is 29.7 Å². The lowest BCUT2D eigenvalue weighted by Crippen LogP contribution is -2.38. The Kier molecular flexibility index (Phi) is 6.08. The highest BCUT2D eigenvalue weighted by molar-refractivity contribution is 8.16. The van der Waals surface area contributed by atoms with E-state index in [1.807, 2.05) is 24.0 Å². The van der Waals surface area contributed by atoms with E-state index in [4.69, 9.17) is 11.6 Å². The van der Waals surface area contributed by atoms with Gasteiger partial charge >= 0.3 is 0 Å². The number of nitrogens with zero attached hydrogens (tertiary/aromatic N) is 3. The van der Waals surface area contributed by atoms with Gasteiger partial charge < -0.3 is 9.80 Å². The number of aliphatic imine (C=N–C) groups is 1. The van der Waals surface area contributed by atoms with E-state index in [0.29, 0.717) is 5.17 Å². The molecule has 1 aromatic rings. The predicted octanol–water partition coefficient (Wildman–Crippen LogP) is 2.68. The van der Waals surface area contributed by atoms with E-state index in [1.54, 1.807) is 0 Å². The number of anilines is 2. The number of carbonyl (C=O) groups excluding carboxylic acids is 1. The highest BCUT2D eigenvalue weighted by Gasteiger charge is 2.49. The lowest BCUT2D eigenvalue weighted by Gasteiger charge is -2.28. The summed E-state index contributed by atoms with van der Waals surface area (Å²) in [6.45, 7) is 8.05. The number of alkyl halides is 1. The SMILES string of the molecule is CCN(CC)c1ccc(N2C(=NC(=O)CCl)S[C@H]3CS(=O)(=O)C[C@H]32)c(C)c1. The number of aryl methyl sites for hydroxylation is 1. The van der Waals surface area contributed by atoms with Crippen LogP contribution in [-0.2, 0) is 14.6 Å². The summed E-state index contributed by atoms with van der Waals surface area (Å²) >= 11 is 6.99. The topological polar surface area (TPSA) is 70.0 Å². The van der Waals surface area contributed by atoms with E-state index < -0.39 is 15.7 Å². The molecule has 9 heteroatoms. The summed E-state index contributed by atoms with van der Waals surface area (Å²) < 4.78 is 24.3. The number of amidine groups is 1. The number of sulfone groups is 1. The maximum Gasteiger partial charge on any atom is 0.262 e. The Labute approximate surface area is 169 Å². The molecule has 0 unspecified atom stereocenters. The highest BCUT2D eigenvalue weighted by Crippen LogP contribution is 2.42. The average molecular weight is 430 g/mol. The van der Waals surface area contributed by atoms with Crippen LogP contribution in [0.1, 0.15) is 19.4 Å². The minimum absolute atomic E-state index is 0.0794. The van der Waals surface area contributed by atoms with Crippen LogP contribution in [0.25, 0.3) is 0 Å². The summed E-state index contributed by atoms with van der Waals surface area (Å²) in [5.41, 5.74) is 3.04. The number of hydrogen-bond acceptors (Lipinski definition) is 5. The quantitative estimate of drug-likeness (QED) is 0.670. The summed E-state index contributed by atoms with van der Waals surface area (Å²) in [5.74, 6) is -0.408. The molecule has 27 heavy (non-hydrogen) atoms. The van der Waals surface area contributed by atoms with Gasteiger partial charge in [0.15, 0.2) is 15.0 Å². The van der Waals surface area contributed by atoms with Crippen LogP contribution in [0.15, 0.2) is 23.2 Å². The molecule has 0 bridgehead atoms. The minimum Gasteiger partial charge on any atom is -0.372 e. The number of rotatable bonds is 5. The van der Waals surface area contributed by atoms with Crippen molar-refractivity contribution in [2.75, 3.05) is 40.3 Å². The highest BCUT2D eigenvalue weighted by atomic mass is 35.5. The molecule has 1 amide bonds. The van der Waals surface area contributed by atoms with Gasteiger partial charge in [0.25, 0.3) is 5.91 Å². The lowest BCUT2D eigenvalue weighted by atomic mass is 10.1. The van der Waals surface area contributed by atoms with Gasteiger partial charge in [-0.15, -0.1) is 11.6 Å². The third kappa shape index (κ3) is 4.12. The fourth-order valence-corrected chi connectivity index (χ4v) is 7.66. The molecule has 0 aliphatic carbocycles. The van der Waals surface area contributed by atoms with Crippen molar-refractivity contribution in [1.29, 1.82) is 0 Å². The molecule has 2 atom stereocenters. The fourth-order valence-electron chi connectivity index (χ4n) is 3.68. The smallest absolute Gasteiger partial charge is 0.262 e. The van der Waals surface area contributed by atoms with Gasteiger partial charge in [-0.1, -0.05) is 11.8 Å². The van der Waals surface area contributed by atoms with Crippen molar-refractivity contribution in [2.24, 2.45) is 4.99 Å². The van der Waals surface area contributed by atoms with Crippen LogP contribution in [0, 0.1) is 6.92 Å². The van der Waals surface area contributed by atoms with Crippen molar-refractivity contribution in [3.05, 3.63) is 23.8 Å². The molecule has 0 spiro atoms. The monoisotopic (exact) mass is 429 g/mol. The lowest BCUT2D eigenvalue weighted by molar-refractivity contribution is -0.115. The molecule has 0 saturated carbocycles. The maximum atomic E-state index is 12.1. The molecule has 6 nitrogen and oxygen atoms in total. The van der Waals surface area contributed by atoms with Crippen molar-refractivity contribution in [2.45, 2.75) is 32.1 Å². The minimum atomic E-state index is -3.08. The molecule has 2 fully saturated rings. The first kappa shape index (κ1) is 20.5. The summed E-state index contributed by atoms with van der Waals surface area (Å²) in [6, 6.07) is 5.93. The van der Waals surface area contributed by atoms with Crippen molar-refractivity contribution >= 4 is 55.6 Å². The van der Waals surface area contributed by atoms with Crippen LogP contribution in [-0.4, -0.2) is 61.3 Å². The van der Waals surface area contributed by atoms with Gasteiger partial charge in [0.1, 0.15) is 5.88 Å².